The number of aromatic amines is 1. The van der Waals surface area contributed by atoms with E-state index in [0.29, 0.717) is 0 Å². The van der Waals surface area contributed by atoms with Crippen LogP contribution in [0.2, 0.25) is 0 Å². The molecule has 0 fully saturated rings. The minimum Gasteiger partial charge on any atom is -0.483 e. The van der Waals surface area contributed by atoms with Gasteiger partial charge in [0.15, 0.2) is 6.10 Å². The zero-order valence-electron chi connectivity index (χ0n) is 12.9. The zero-order valence-corrected chi connectivity index (χ0v) is 12.9. The molecule has 1 heterocycles. The van der Waals surface area contributed by atoms with Gasteiger partial charge in [0.1, 0.15) is 11.6 Å². The number of ether oxygens (including phenoxy) is 1. The molecule has 0 aliphatic heterocycles. The first-order valence-electron chi connectivity index (χ1n) is 7.23. The maximum atomic E-state index is 6.00. The van der Waals surface area contributed by atoms with Crippen LogP contribution in [0, 0.1) is 20.8 Å². The Morgan fingerprint density at radius 3 is 2.57 bits per heavy atom. The molecule has 2 aromatic carbocycles. The second-order valence-corrected chi connectivity index (χ2v) is 5.65. The van der Waals surface area contributed by atoms with Gasteiger partial charge >= 0.3 is 0 Å². The van der Waals surface area contributed by atoms with Gasteiger partial charge < -0.3 is 9.72 Å². The van der Waals surface area contributed by atoms with Crippen molar-refractivity contribution in [2.75, 3.05) is 0 Å². The Hall–Kier alpha value is -2.29. The summed E-state index contributed by atoms with van der Waals surface area (Å²) in [5, 5.41) is 0. The number of hydrogen-bond donors (Lipinski definition) is 1. The first-order chi connectivity index (χ1) is 10.0. The smallest absolute Gasteiger partial charge is 0.153 e. The molecule has 3 nitrogen and oxygen atoms in total. The number of H-pyrrole nitrogens is 1. The lowest BCUT2D eigenvalue weighted by Crippen LogP contribution is -2.05. The standard InChI is InChI=1S/C18H20N2O/c1-11-5-8-16-17(9-11)20-18(19-16)14(4)21-15-7-6-12(2)13(3)10-15/h5-10,14H,1-4H3,(H,19,20)/t14-/m0/s1. The highest BCUT2D eigenvalue weighted by Crippen LogP contribution is 2.24. The first-order valence-corrected chi connectivity index (χ1v) is 7.23. The summed E-state index contributed by atoms with van der Waals surface area (Å²) in [5.74, 6) is 1.73. The third kappa shape index (κ3) is 2.77. The number of imidazole rings is 1. The van der Waals surface area contributed by atoms with Gasteiger partial charge in [-0.3, -0.25) is 0 Å². The summed E-state index contributed by atoms with van der Waals surface area (Å²) >= 11 is 0. The van der Waals surface area contributed by atoms with Crippen LogP contribution in [-0.4, -0.2) is 9.97 Å². The Labute approximate surface area is 125 Å². The molecule has 0 saturated carbocycles. The lowest BCUT2D eigenvalue weighted by molar-refractivity contribution is 0.218. The van der Waals surface area contributed by atoms with Gasteiger partial charge in [-0.25, -0.2) is 4.98 Å². The molecule has 1 aromatic heterocycles. The second kappa shape index (κ2) is 5.24. The zero-order chi connectivity index (χ0) is 15.0. The fourth-order valence-electron chi connectivity index (χ4n) is 2.38. The largest absolute Gasteiger partial charge is 0.483 e. The molecule has 0 amide bonds. The monoisotopic (exact) mass is 280 g/mol. The molecule has 3 aromatic rings. The van der Waals surface area contributed by atoms with E-state index in [-0.39, 0.29) is 6.10 Å². The number of aryl methyl sites for hydroxylation is 3. The van der Waals surface area contributed by atoms with E-state index in [1.165, 1.54) is 16.7 Å². The molecule has 3 heteroatoms. The van der Waals surface area contributed by atoms with Gasteiger partial charge in [-0.15, -0.1) is 0 Å². The van der Waals surface area contributed by atoms with E-state index in [4.69, 9.17) is 4.74 Å². The molecule has 3 rings (SSSR count). The molecule has 0 radical (unpaired) electrons. The highest BCUT2D eigenvalue weighted by atomic mass is 16.5. The number of nitrogens with zero attached hydrogens (tertiary/aromatic N) is 1. The van der Waals surface area contributed by atoms with E-state index in [1.807, 2.05) is 19.1 Å². The number of aromatic nitrogens is 2. The van der Waals surface area contributed by atoms with Crippen molar-refractivity contribution in [3.8, 4) is 5.75 Å². The Bertz CT molecular complexity index is 789. The number of hydrogen-bond acceptors (Lipinski definition) is 2. The Morgan fingerprint density at radius 1 is 1.00 bits per heavy atom. The van der Waals surface area contributed by atoms with Crippen molar-refractivity contribution in [1.82, 2.24) is 9.97 Å². The third-order valence-electron chi connectivity index (χ3n) is 3.83. The molecule has 0 spiro atoms. The molecule has 0 unspecified atom stereocenters. The highest BCUT2D eigenvalue weighted by molar-refractivity contribution is 5.75. The first kappa shape index (κ1) is 13.7. The molecule has 0 aliphatic carbocycles. The summed E-state index contributed by atoms with van der Waals surface area (Å²) < 4.78 is 6.00. The van der Waals surface area contributed by atoms with Crippen molar-refractivity contribution in [3.05, 3.63) is 58.9 Å². The van der Waals surface area contributed by atoms with Gasteiger partial charge in [0.2, 0.25) is 0 Å². The van der Waals surface area contributed by atoms with Crippen LogP contribution in [0.25, 0.3) is 11.0 Å². The lowest BCUT2D eigenvalue weighted by Gasteiger charge is -2.13. The predicted octanol–water partition coefficient (Wildman–Crippen LogP) is 4.63. The van der Waals surface area contributed by atoms with Crippen LogP contribution in [0.4, 0.5) is 0 Å². The van der Waals surface area contributed by atoms with Crippen LogP contribution in [0.15, 0.2) is 36.4 Å². The van der Waals surface area contributed by atoms with E-state index in [1.54, 1.807) is 0 Å². The fraction of sp³-hybridized carbons (Fsp3) is 0.278. The average molecular weight is 280 g/mol. The molecular weight excluding hydrogens is 260 g/mol. The van der Waals surface area contributed by atoms with Gasteiger partial charge in [0, 0.05) is 0 Å². The normalized spacial score (nSPS) is 12.6. The van der Waals surface area contributed by atoms with Crippen LogP contribution in [0.1, 0.15) is 35.5 Å². The molecular formula is C18H20N2O. The molecule has 0 bridgehead atoms. The second-order valence-electron chi connectivity index (χ2n) is 5.65. The Kier molecular flexibility index (Phi) is 3.42. The van der Waals surface area contributed by atoms with Crippen LogP contribution in [0.3, 0.4) is 0 Å². The average Bonchev–Trinajstić information content (AvgIpc) is 2.86. The molecule has 21 heavy (non-hydrogen) atoms. The van der Waals surface area contributed by atoms with Gasteiger partial charge in [0.25, 0.3) is 0 Å². The van der Waals surface area contributed by atoms with Crippen LogP contribution in [0.5, 0.6) is 5.75 Å². The Balaban J connectivity index is 1.85. The SMILES string of the molecule is Cc1ccc2nc([C@H](C)Oc3ccc(C)c(C)c3)[nH]c2c1. The summed E-state index contributed by atoms with van der Waals surface area (Å²) in [6.07, 6.45) is -0.111. The number of nitrogens with one attached hydrogen (secondary N) is 1. The number of rotatable bonds is 3. The van der Waals surface area contributed by atoms with E-state index < -0.39 is 0 Å². The minimum absolute atomic E-state index is 0.111. The van der Waals surface area contributed by atoms with Crippen molar-refractivity contribution < 1.29 is 4.74 Å². The quantitative estimate of drug-likeness (QED) is 0.759. The van der Waals surface area contributed by atoms with E-state index in [2.05, 4.69) is 55.0 Å². The van der Waals surface area contributed by atoms with Crippen LogP contribution >= 0.6 is 0 Å². The molecule has 1 N–H and O–H groups in total. The van der Waals surface area contributed by atoms with Gasteiger partial charge in [-0.1, -0.05) is 12.1 Å². The predicted molar refractivity (Wildman–Crippen MR) is 85.8 cm³/mol. The van der Waals surface area contributed by atoms with Crippen molar-refractivity contribution in [2.24, 2.45) is 0 Å². The van der Waals surface area contributed by atoms with Crippen molar-refractivity contribution in [2.45, 2.75) is 33.8 Å². The fourth-order valence-corrected chi connectivity index (χ4v) is 2.38. The van der Waals surface area contributed by atoms with Gasteiger partial charge in [-0.2, -0.15) is 0 Å². The maximum absolute atomic E-state index is 6.00. The summed E-state index contributed by atoms with van der Waals surface area (Å²) in [6, 6.07) is 12.4. The summed E-state index contributed by atoms with van der Waals surface area (Å²) in [4.78, 5) is 7.96. The minimum atomic E-state index is -0.111. The molecule has 108 valence electrons. The summed E-state index contributed by atoms with van der Waals surface area (Å²) in [7, 11) is 0. The van der Waals surface area contributed by atoms with Crippen LogP contribution < -0.4 is 4.74 Å². The van der Waals surface area contributed by atoms with Gasteiger partial charge in [0.05, 0.1) is 11.0 Å². The molecule has 0 saturated heterocycles. The van der Waals surface area contributed by atoms with E-state index in [0.717, 1.165) is 22.6 Å². The van der Waals surface area contributed by atoms with Crippen molar-refractivity contribution in [1.29, 1.82) is 0 Å². The van der Waals surface area contributed by atoms with Crippen LogP contribution in [-0.2, 0) is 0 Å². The highest BCUT2D eigenvalue weighted by Gasteiger charge is 2.13. The molecule has 0 aliphatic rings. The number of fused-ring (bicyclic) bond motifs is 1. The van der Waals surface area contributed by atoms with E-state index in [9.17, 15) is 0 Å². The van der Waals surface area contributed by atoms with E-state index >= 15 is 0 Å². The topological polar surface area (TPSA) is 37.9 Å². The number of benzene rings is 2. The summed E-state index contributed by atoms with van der Waals surface area (Å²) in [6.45, 7) is 8.29. The lowest BCUT2D eigenvalue weighted by atomic mass is 10.1. The maximum Gasteiger partial charge on any atom is 0.153 e. The Morgan fingerprint density at radius 2 is 1.81 bits per heavy atom. The third-order valence-corrected chi connectivity index (χ3v) is 3.83. The van der Waals surface area contributed by atoms with Crippen molar-refractivity contribution >= 4 is 11.0 Å². The van der Waals surface area contributed by atoms with Crippen molar-refractivity contribution in [3.63, 3.8) is 0 Å². The molecule has 1 atom stereocenters. The summed E-state index contributed by atoms with van der Waals surface area (Å²) in [5.41, 5.74) is 5.77. The van der Waals surface area contributed by atoms with Gasteiger partial charge in [-0.05, 0) is 68.7 Å².